The first-order valence-electron chi connectivity index (χ1n) is 8.04. The lowest BCUT2D eigenvalue weighted by Gasteiger charge is -2.07. The monoisotopic (exact) mass is 341 g/mol. The molecule has 0 radical (unpaired) electrons. The van der Waals surface area contributed by atoms with Gasteiger partial charge in [0, 0.05) is 36.8 Å². The third kappa shape index (κ3) is 5.27. The van der Waals surface area contributed by atoms with Crippen LogP contribution in [0.1, 0.15) is 35.2 Å². The summed E-state index contributed by atoms with van der Waals surface area (Å²) in [5.74, 6) is -0.515. The van der Waals surface area contributed by atoms with Crippen molar-refractivity contribution in [2.75, 3.05) is 5.32 Å². The highest BCUT2D eigenvalue weighted by Crippen LogP contribution is 2.14. The minimum absolute atomic E-state index is 0.0695. The Morgan fingerprint density at radius 3 is 2.52 bits per heavy atom. The van der Waals surface area contributed by atoms with Gasteiger partial charge in [0.15, 0.2) is 0 Å². The SMILES string of the molecule is Cc1ccc(NC(=O)CCC(=O)N/N=C/c2cnn(C)c2C)cc1C. The number of benzene rings is 1. The average molecular weight is 341 g/mol. The van der Waals surface area contributed by atoms with E-state index in [1.807, 2.05) is 46.0 Å². The van der Waals surface area contributed by atoms with E-state index in [9.17, 15) is 9.59 Å². The summed E-state index contributed by atoms with van der Waals surface area (Å²) in [7, 11) is 1.83. The van der Waals surface area contributed by atoms with Gasteiger partial charge >= 0.3 is 0 Å². The molecule has 0 atom stereocenters. The molecule has 0 saturated heterocycles. The van der Waals surface area contributed by atoms with Crippen molar-refractivity contribution in [2.24, 2.45) is 12.1 Å². The highest BCUT2D eigenvalue weighted by atomic mass is 16.2. The standard InChI is InChI=1S/C18H23N5O2/c1-12-5-6-16(9-13(12)2)21-17(24)7-8-18(25)22-19-10-15-11-20-23(4)14(15)3/h5-6,9-11H,7-8H2,1-4H3,(H,21,24)(H,22,25)/b19-10+. The van der Waals surface area contributed by atoms with Gasteiger partial charge in [-0.1, -0.05) is 6.07 Å². The molecule has 1 heterocycles. The van der Waals surface area contributed by atoms with Crippen LogP contribution in [-0.2, 0) is 16.6 Å². The van der Waals surface area contributed by atoms with Gasteiger partial charge in [0.25, 0.3) is 0 Å². The fourth-order valence-corrected chi connectivity index (χ4v) is 2.14. The van der Waals surface area contributed by atoms with Crippen molar-refractivity contribution in [3.8, 4) is 0 Å². The largest absolute Gasteiger partial charge is 0.326 e. The van der Waals surface area contributed by atoms with Gasteiger partial charge in [-0.25, -0.2) is 5.43 Å². The normalized spacial score (nSPS) is 10.9. The molecule has 25 heavy (non-hydrogen) atoms. The maximum atomic E-state index is 11.9. The second kappa shape index (κ2) is 8.23. The molecule has 0 bridgehead atoms. The Kier molecular flexibility index (Phi) is 6.05. The zero-order valence-corrected chi connectivity index (χ0v) is 15.0. The lowest BCUT2D eigenvalue weighted by atomic mass is 10.1. The van der Waals surface area contributed by atoms with Gasteiger partial charge in [-0.05, 0) is 44.0 Å². The van der Waals surface area contributed by atoms with Gasteiger partial charge in [-0.15, -0.1) is 0 Å². The molecule has 2 aromatic rings. The molecule has 0 unspecified atom stereocenters. The molecule has 0 aliphatic heterocycles. The average Bonchev–Trinajstić information content (AvgIpc) is 2.88. The van der Waals surface area contributed by atoms with Gasteiger partial charge in [-0.3, -0.25) is 14.3 Å². The van der Waals surface area contributed by atoms with Gasteiger partial charge in [0.05, 0.1) is 12.4 Å². The molecule has 0 fully saturated rings. The third-order valence-electron chi connectivity index (χ3n) is 4.04. The number of carbonyl (C=O) groups excluding carboxylic acids is 2. The first-order valence-corrected chi connectivity index (χ1v) is 8.04. The summed E-state index contributed by atoms with van der Waals surface area (Å²) in [6, 6.07) is 5.71. The van der Waals surface area contributed by atoms with Crippen molar-refractivity contribution in [1.29, 1.82) is 0 Å². The molecule has 0 aliphatic rings. The molecule has 0 saturated carbocycles. The van der Waals surface area contributed by atoms with Crippen molar-refractivity contribution >= 4 is 23.7 Å². The highest BCUT2D eigenvalue weighted by Gasteiger charge is 2.07. The number of hydrogen-bond donors (Lipinski definition) is 2. The van der Waals surface area contributed by atoms with E-state index >= 15 is 0 Å². The zero-order valence-electron chi connectivity index (χ0n) is 15.0. The van der Waals surface area contributed by atoms with Gasteiger partial charge in [-0.2, -0.15) is 10.2 Å². The second-order valence-corrected chi connectivity index (χ2v) is 5.95. The van der Waals surface area contributed by atoms with Crippen LogP contribution in [0.4, 0.5) is 5.69 Å². The van der Waals surface area contributed by atoms with Gasteiger partial charge < -0.3 is 5.32 Å². The number of hydrogen-bond acceptors (Lipinski definition) is 4. The number of aryl methyl sites for hydroxylation is 3. The highest BCUT2D eigenvalue weighted by molar-refractivity contribution is 5.93. The molecular formula is C18H23N5O2. The Hall–Kier alpha value is -2.96. The molecule has 0 spiro atoms. The summed E-state index contributed by atoms with van der Waals surface area (Å²) >= 11 is 0. The van der Waals surface area contributed by atoms with Crippen molar-refractivity contribution in [1.82, 2.24) is 15.2 Å². The summed E-state index contributed by atoms with van der Waals surface area (Å²) < 4.78 is 1.72. The van der Waals surface area contributed by atoms with E-state index in [4.69, 9.17) is 0 Å². The number of anilines is 1. The maximum Gasteiger partial charge on any atom is 0.240 e. The Labute approximate surface area is 147 Å². The first-order chi connectivity index (χ1) is 11.9. The molecule has 2 amide bonds. The fourth-order valence-electron chi connectivity index (χ4n) is 2.14. The Morgan fingerprint density at radius 2 is 1.88 bits per heavy atom. The van der Waals surface area contributed by atoms with Crippen LogP contribution in [0, 0.1) is 20.8 Å². The minimum atomic E-state index is -0.312. The molecule has 7 heteroatoms. The number of nitrogens with one attached hydrogen (secondary N) is 2. The Balaban J connectivity index is 1.76. The van der Waals surface area contributed by atoms with E-state index in [1.165, 1.54) is 11.8 Å². The van der Waals surface area contributed by atoms with Crippen LogP contribution in [0.5, 0.6) is 0 Å². The summed E-state index contributed by atoms with van der Waals surface area (Å²) in [6.07, 6.45) is 3.37. The Bertz CT molecular complexity index is 808. The van der Waals surface area contributed by atoms with Crippen LogP contribution in [0.25, 0.3) is 0 Å². The molecule has 0 aliphatic carbocycles. The molecule has 132 valence electrons. The van der Waals surface area contributed by atoms with E-state index in [0.717, 1.165) is 22.5 Å². The zero-order chi connectivity index (χ0) is 18.4. The summed E-state index contributed by atoms with van der Waals surface area (Å²) in [4.78, 5) is 23.7. The van der Waals surface area contributed by atoms with Crippen molar-refractivity contribution in [3.63, 3.8) is 0 Å². The lowest BCUT2D eigenvalue weighted by Crippen LogP contribution is -2.20. The van der Waals surface area contributed by atoms with Gasteiger partial charge in [0.1, 0.15) is 0 Å². The molecule has 2 N–H and O–H groups in total. The van der Waals surface area contributed by atoms with E-state index in [0.29, 0.717) is 0 Å². The molecule has 7 nitrogen and oxygen atoms in total. The number of aromatic nitrogens is 2. The van der Waals surface area contributed by atoms with E-state index in [2.05, 4.69) is 20.9 Å². The van der Waals surface area contributed by atoms with Crippen LogP contribution >= 0.6 is 0 Å². The fraction of sp³-hybridized carbons (Fsp3) is 0.333. The molecular weight excluding hydrogens is 318 g/mol. The van der Waals surface area contributed by atoms with Crippen LogP contribution in [0.15, 0.2) is 29.5 Å². The first kappa shape index (κ1) is 18.4. The quantitative estimate of drug-likeness (QED) is 0.624. The third-order valence-corrected chi connectivity index (χ3v) is 4.04. The summed E-state index contributed by atoms with van der Waals surface area (Å²) in [5.41, 5.74) is 7.20. The van der Waals surface area contributed by atoms with E-state index < -0.39 is 0 Å². The minimum Gasteiger partial charge on any atom is -0.326 e. The van der Waals surface area contributed by atoms with Crippen LogP contribution in [0.2, 0.25) is 0 Å². The number of hydrazone groups is 1. The predicted molar refractivity (Wildman–Crippen MR) is 97.5 cm³/mol. The molecule has 2 rings (SSSR count). The van der Waals surface area contributed by atoms with E-state index in [-0.39, 0.29) is 24.7 Å². The molecule has 1 aromatic heterocycles. The summed E-state index contributed by atoms with van der Waals surface area (Å²) in [6.45, 7) is 5.91. The number of amides is 2. The summed E-state index contributed by atoms with van der Waals surface area (Å²) in [5, 5.41) is 10.8. The van der Waals surface area contributed by atoms with Crippen LogP contribution in [0.3, 0.4) is 0 Å². The predicted octanol–water partition coefficient (Wildman–Crippen LogP) is 2.21. The Morgan fingerprint density at radius 1 is 1.16 bits per heavy atom. The number of rotatable bonds is 6. The van der Waals surface area contributed by atoms with Crippen LogP contribution in [-0.4, -0.2) is 27.8 Å². The van der Waals surface area contributed by atoms with Crippen molar-refractivity contribution in [2.45, 2.75) is 33.6 Å². The number of carbonyl (C=O) groups is 2. The smallest absolute Gasteiger partial charge is 0.240 e. The van der Waals surface area contributed by atoms with Crippen molar-refractivity contribution in [3.05, 3.63) is 46.8 Å². The van der Waals surface area contributed by atoms with Gasteiger partial charge in [0.2, 0.25) is 11.8 Å². The molecule has 1 aromatic carbocycles. The van der Waals surface area contributed by atoms with Crippen molar-refractivity contribution < 1.29 is 9.59 Å². The topological polar surface area (TPSA) is 88.4 Å². The lowest BCUT2D eigenvalue weighted by molar-refractivity contribution is -0.124. The maximum absolute atomic E-state index is 11.9. The van der Waals surface area contributed by atoms with Crippen LogP contribution < -0.4 is 10.7 Å². The van der Waals surface area contributed by atoms with E-state index in [1.54, 1.807) is 10.9 Å². The number of nitrogens with zero attached hydrogens (tertiary/aromatic N) is 3. The second-order valence-electron chi connectivity index (χ2n) is 5.95.